The minimum atomic E-state index is -1.15. The highest BCUT2D eigenvalue weighted by Gasteiger charge is 2.24. The summed E-state index contributed by atoms with van der Waals surface area (Å²) < 4.78 is 0. The number of rotatable bonds is 3. The average Bonchev–Trinajstić information content (AvgIpc) is 2.10. The van der Waals surface area contributed by atoms with E-state index in [1.807, 2.05) is 0 Å². The number of piperidine rings is 1. The number of carbonyl (C=O) groups excluding carboxylic acids is 2. The van der Waals surface area contributed by atoms with Crippen molar-refractivity contribution >= 4 is 17.8 Å². The maximum Gasteiger partial charge on any atom is 0.312 e. The minimum Gasteiger partial charge on any atom is -0.481 e. The summed E-state index contributed by atoms with van der Waals surface area (Å²) in [5.74, 6) is -1.60. The summed E-state index contributed by atoms with van der Waals surface area (Å²) in [6.07, 6.45) is 0.456. The zero-order chi connectivity index (χ0) is 11.4. The Morgan fingerprint density at radius 1 is 1.60 bits per heavy atom. The normalized spacial score (nSPS) is 21.3. The van der Waals surface area contributed by atoms with Gasteiger partial charge in [0, 0.05) is 26.1 Å². The van der Waals surface area contributed by atoms with E-state index in [2.05, 4.69) is 5.32 Å². The number of hydrogen-bond acceptors (Lipinski definition) is 3. The predicted molar refractivity (Wildman–Crippen MR) is 51.1 cm³/mol. The number of carboxylic acid groups (broad SMARTS) is 1. The smallest absolute Gasteiger partial charge is 0.312 e. The SMILES string of the molecule is CN1CC(NC(=O)CC(=O)O)CCC1=O. The number of likely N-dealkylation sites (tertiary alicyclic amines) is 1. The monoisotopic (exact) mass is 214 g/mol. The Kier molecular flexibility index (Phi) is 3.65. The number of aliphatic carboxylic acids is 1. The fraction of sp³-hybridized carbons (Fsp3) is 0.667. The first-order valence-corrected chi connectivity index (χ1v) is 4.74. The second kappa shape index (κ2) is 4.77. The molecule has 6 nitrogen and oxygen atoms in total. The Balaban J connectivity index is 2.36. The van der Waals surface area contributed by atoms with Gasteiger partial charge in [-0.25, -0.2) is 0 Å². The Morgan fingerprint density at radius 3 is 2.80 bits per heavy atom. The summed E-state index contributed by atoms with van der Waals surface area (Å²) in [6, 6.07) is -0.125. The lowest BCUT2D eigenvalue weighted by Gasteiger charge is -2.29. The fourth-order valence-corrected chi connectivity index (χ4v) is 1.55. The van der Waals surface area contributed by atoms with Crippen LogP contribution in [0.2, 0.25) is 0 Å². The van der Waals surface area contributed by atoms with Crippen LogP contribution in [0.1, 0.15) is 19.3 Å². The van der Waals surface area contributed by atoms with Crippen molar-refractivity contribution in [3.63, 3.8) is 0 Å². The molecule has 0 radical (unpaired) electrons. The van der Waals surface area contributed by atoms with Crippen LogP contribution in [0.3, 0.4) is 0 Å². The predicted octanol–water partition coefficient (Wildman–Crippen LogP) is -0.802. The molecule has 0 spiro atoms. The van der Waals surface area contributed by atoms with Crippen molar-refractivity contribution in [2.24, 2.45) is 0 Å². The average molecular weight is 214 g/mol. The molecule has 1 atom stereocenters. The van der Waals surface area contributed by atoms with Gasteiger partial charge >= 0.3 is 5.97 Å². The molecule has 15 heavy (non-hydrogen) atoms. The maximum atomic E-state index is 11.1. The standard InChI is InChI=1S/C9H14N2O4/c1-11-5-6(2-3-8(11)13)10-7(12)4-9(14)15/h6H,2-5H2,1H3,(H,10,12)(H,14,15). The van der Waals surface area contributed by atoms with Crippen molar-refractivity contribution in [3.8, 4) is 0 Å². The molecule has 6 heteroatoms. The molecule has 0 aromatic heterocycles. The first-order chi connectivity index (χ1) is 6.99. The number of carboxylic acids is 1. The fourth-order valence-electron chi connectivity index (χ4n) is 1.55. The van der Waals surface area contributed by atoms with Gasteiger partial charge in [-0.15, -0.1) is 0 Å². The van der Waals surface area contributed by atoms with Crippen molar-refractivity contribution in [2.75, 3.05) is 13.6 Å². The third-order valence-corrected chi connectivity index (χ3v) is 2.30. The Labute approximate surface area is 87.2 Å². The number of hydrogen-bond donors (Lipinski definition) is 2. The van der Waals surface area contributed by atoms with E-state index in [9.17, 15) is 14.4 Å². The van der Waals surface area contributed by atoms with Crippen LogP contribution in [0.4, 0.5) is 0 Å². The van der Waals surface area contributed by atoms with Gasteiger partial charge in [0.15, 0.2) is 0 Å². The molecular weight excluding hydrogens is 200 g/mol. The molecule has 0 aliphatic carbocycles. The van der Waals surface area contributed by atoms with E-state index in [1.165, 1.54) is 4.90 Å². The van der Waals surface area contributed by atoms with Gasteiger partial charge in [0.1, 0.15) is 6.42 Å². The van der Waals surface area contributed by atoms with Gasteiger partial charge in [-0.05, 0) is 6.42 Å². The highest BCUT2D eigenvalue weighted by Crippen LogP contribution is 2.09. The topological polar surface area (TPSA) is 86.7 Å². The number of nitrogens with zero attached hydrogens (tertiary/aromatic N) is 1. The molecule has 2 amide bonds. The lowest BCUT2D eigenvalue weighted by molar-refractivity contribution is -0.141. The van der Waals surface area contributed by atoms with Crippen molar-refractivity contribution < 1.29 is 19.5 Å². The molecule has 1 heterocycles. The van der Waals surface area contributed by atoms with Crippen LogP contribution in [0, 0.1) is 0 Å². The van der Waals surface area contributed by atoms with Gasteiger partial charge in [0.2, 0.25) is 11.8 Å². The summed E-state index contributed by atoms with van der Waals surface area (Å²) in [7, 11) is 1.66. The van der Waals surface area contributed by atoms with Crippen LogP contribution in [0.5, 0.6) is 0 Å². The van der Waals surface area contributed by atoms with E-state index < -0.39 is 18.3 Å². The van der Waals surface area contributed by atoms with Crippen LogP contribution in [0.15, 0.2) is 0 Å². The molecule has 1 unspecified atom stereocenters. The Bertz CT molecular complexity index is 290. The van der Waals surface area contributed by atoms with Gasteiger partial charge in [-0.3, -0.25) is 14.4 Å². The first-order valence-electron chi connectivity index (χ1n) is 4.74. The van der Waals surface area contributed by atoms with E-state index in [4.69, 9.17) is 5.11 Å². The molecule has 1 saturated heterocycles. The summed E-state index contributed by atoms with van der Waals surface area (Å²) in [5, 5.41) is 11.0. The molecule has 1 fully saturated rings. The van der Waals surface area contributed by atoms with Crippen LogP contribution in [-0.4, -0.2) is 47.4 Å². The van der Waals surface area contributed by atoms with E-state index in [-0.39, 0.29) is 11.9 Å². The lowest BCUT2D eigenvalue weighted by Crippen LogP contribution is -2.48. The van der Waals surface area contributed by atoms with Crippen LogP contribution >= 0.6 is 0 Å². The number of carbonyl (C=O) groups is 3. The molecule has 0 bridgehead atoms. The van der Waals surface area contributed by atoms with Crippen molar-refractivity contribution in [2.45, 2.75) is 25.3 Å². The van der Waals surface area contributed by atoms with Gasteiger partial charge in [0.05, 0.1) is 0 Å². The highest BCUT2D eigenvalue weighted by atomic mass is 16.4. The Hall–Kier alpha value is -1.59. The number of likely N-dealkylation sites (N-methyl/N-ethyl adjacent to an activating group) is 1. The van der Waals surface area contributed by atoms with Crippen LogP contribution in [0.25, 0.3) is 0 Å². The van der Waals surface area contributed by atoms with E-state index in [0.717, 1.165) is 0 Å². The molecule has 1 rings (SSSR count). The molecule has 0 aromatic carbocycles. The van der Waals surface area contributed by atoms with Gasteiger partial charge < -0.3 is 15.3 Å². The molecule has 2 N–H and O–H groups in total. The van der Waals surface area contributed by atoms with Crippen molar-refractivity contribution in [3.05, 3.63) is 0 Å². The third-order valence-electron chi connectivity index (χ3n) is 2.30. The highest BCUT2D eigenvalue weighted by molar-refractivity contribution is 5.93. The molecular formula is C9H14N2O4. The zero-order valence-corrected chi connectivity index (χ0v) is 8.52. The molecule has 0 saturated carbocycles. The summed E-state index contributed by atoms with van der Waals surface area (Å²) in [5.41, 5.74) is 0. The van der Waals surface area contributed by atoms with Gasteiger partial charge in [0.25, 0.3) is 0 Å². The van der Waals surface area contributed by atoms with E-state index in [1.54, 1.807) is 7.05 Å². The van der Waals surface area contributed by atoms with Gasteiger partial charge in [-0.2, -0.15) is 0 Å². The summed E-state index contributed by atoms with van der Waals surface area (Å²) in [4.78, 5) is 34.0. The first kappa shape index (κ1) is 11.5. The molecule has 1 aliphatic rings. The van der Waals surface area contributed by atoms with Crippen molar-refractivity contribution in [1.82, 2.24) is 10.2 Å². The van der Waals surface area contributed by atoms with Crippen LogP contribution < -0.4 is 5.32 Å². The van der Waals surface area contributed by atoms with Gasteiger partial charge in [-0.1, -0.05) is 0 Å². The van der Waals surface area contributed by atoms with E-state index in [0.29, 0.717) is 19.4 Å². The van der Waals surface area contributed by atoms with E-state index >= 15 is 0 Å². The second-order valence-corrected chi connectivity index (χ2v) is 3.65. The van der Waals surface area contributed by atoms with Crippen molar-refractivity contribution in [1.29, 1.82) is 0 Å². The zero-order valence-electron chi connectivity index (χ0n) is 8.52. The maximum absolute atomic E-state index is 11.1. The minimum absolute atomic E-state index is 0.0544. The Morgan fingerprint density at radius 2 is 2.27 bits per heavy atom. The lowest BCUT2D eigenvalue weighted by atomic mass is 10.1. The molecule has 1 aliphatic heterocycles. The molecule has 0 aromatic rings. The van der Waals surface area contributed by atoms with Crippen LogP contribution in [-0.2, 0) is 14.4 Å². The second-order valence-electron chi connectivity index (χ2n) is 3.65. The largest absolute Gasteiger partial charge is 0.481 e. The summed E-state index contributed by atoms with van der Waals surface area (Å²) in [6.45, 7) is 0.449. The number of amides is 2. The number of nitrogens with one attached hydrogen (secondary N) is 1. The quantitative estimate of drug-likeness (QED) is 0.602. The molecule has 84 valence electrons. The third kappa shape index (κ3) is 3.57. The summed E-state index contributed by atoms with van der Waals surface area (Å²) >= 11 is 0.